The fourth-order valence-corrected chi connectivity index (χ4v) is 2.98. The Labute approximate surface area is 134 Å². The van der Waals surface area contributed by atoms with Crippen LogP contribution in [0, 0.1) is 5.82 Å². The fourth-order valence-electron chi connectivity index (χ4n) is 1.95. The van der Waals surface area contributed by atoms with Crippen LogP contribution in [-0.2, 0) is 21.2 Å². The number of halogens is 1. The van der Waals surface area contributed by atoms with Crippen LogP contribution >= 0.6 is 0 Å². The van der Waals surface area contributed by atoms with Crippen LogP contribution in [0.3, 0.4) is 0 Å². The van der Waals surface area contributed by atoms with Gasteiger partial charge < -0.3 is 4.74 Å². The summed E-state index contributed by atoms with van der Waals surface area (Å²) < 4.78 is 44.1. The predicted molar refractivity (Wildman–Crippen MR) is 83.1 cm³/mol. The molecule has 2 rings (SSSR count). The lowest BCUT2D eigenvalue weighted by atomic mass is 10.1. The first kappa shape index (κ1) is 17.1. The summed E-state index contributed by atoms with van der Waals surface area (Å²) in [7, 11) is -2.41. The summed E-state index contributed by atoms with van der Waals surface area (Å²) in [5.74, 6) is -0.863. The Kier molecular flexibility index (Phi) is 5.46. The summed E-state index contributed by atoms with van der Waals surface area (Å²) in [4.78, 5) is 11.4. The normalized spacial score (nSPS) is 11.2. The van der Waals surface area contributed by atoms with Crippen LogP contribution in [0.2, 0.25) is 0 Å². The molecule has 1 N–H and O–H groups in total. The molecule has 122 valence electrons. The summed E-state index contributed by atoms with van der Waals surface area (Å²) in [5, 5.41) is 0. The summed E-state index contributed by atoms with van der Waals surface area (Å²) in [6, 6.07) is 11.3. The Bertz CT molecular complexity index is 771. The van der Waals surface area contributed by atoms with Crippen molar-refractivity contribution in [3.05, 3.63) is 65.5 Å². The zero-order chi connectivity index (χ0) is 16.9. The number of esters is 1. The van der Waals surface area contributed by atoms with Crippen LogP contribution in [0.5, 0.6) is 0 Å². The number of carbonyl (C=O) groups excluding carboxylic acids is 1. The molecule has 0 aromatic heterocycles. The quantitative estimate of drug-likeness (QED) is 0.820. The van der Waals surface area contributed by atoms with Crippen molar-refractivity contribution in [3.8, 4) is 0 Å². The average molecular weight is 337 g/mol. The third-order valence-corrected chi connectivity index (χ3v) is 4.68. The topological polar surface area (TPSA) is 72.5 Å². The summed E-state index contributed by atoms with van der Waals surface area (Å²) in [5.41, 5.74) is 1.10. The molecule has 0 amide bonds. The smallest absolute Gasteiger partial charge is 0.337 e. The minimum Gasteiger partial charge on any atom is -0.465 e. The van der Waals surface area contributed by atoms with Gasteiger partial charge in [-0.2, -0.15) is 0 Å². The van der Waals surface area contributed by atoms with E-state index in [0.29, 0.717) is 6.42 Å². The zero-order valence-electron chi connectivity index (χ0n) is 12.5. The number of sulfonamides is 1. The molecule has 0 aliphatic carbocycles. The first-order valence-electron chi connectivity index (χ1n) is 6.85. The first-order chi connectivity index (χ1) is 10.9. The van der Waals surface area contributed by atoms with Crippen molar-refractivity contribution in [3.63, 3.8) is 0 Å². The molecule has 2 aromatic rings. The molecule has 7 heteroatoms. The number of ether oxygens (including phenoxy) is 1. The van der Waals surface area contributed by atoms with Crippen LogP contribution in [0.15, 0.2) is 53.4 Å². The lowest BCUT2D eigenvalue weighted by Crippen LogP contribution is -2.26. The van der Waals surface area contributed by atoms with E-state index in [2.05, 4.69) is 9.46 Å². The molecule has 0 heterocycles. The fraction of sp³-hybridized carbons (Fsp3) is 0.188. The molecular formula is C16H16FNO4S. The maximum absolute atomic E-state index is 12.8. The van der Waals surface area contributed by atoms with Crippen LogP contribution < -0.4 is 4.72 Å². The van der Waals surface area contributed by atoms with Crippen LogP contribution in [0.25, 0.3) is 0 Å². The van der Waals surface area contributed by atoms with Crippen LogP contribution in [0.4, 0.5) is 4.39 Å². The molecule has 0 fully saturated rings. The molecule has 0 radical (unpaired) electrons. The van der Waals surface area contributed by atoms with E-state index in [0.717, 1.165) is 5.56 Å². The first-order valence-corrected chi connectivity index (χ1v) is 8.33. The number of nitrogens with one attached hydrogen (secondary N) is 1. The second-order valence-corrected chi connectivity index (χ2v) is 6.56. The average Bonchev–Trinajstić information content (AvgIpc) is 2.56. The molecule has 2 aromatic carbocycles. The Morgan fingerprint density at radius 1 is 1.09 bits per heavy atom. The molecule has 0 atom stereocenters. The van der Waals surface area contributed by atoms with Crippen molar-refractivity contribution in [1.29, 1.82) is 0 Å². The van der Waals surface area contributed by atoms with Gasteiger partial charge in [-0.05, 0) is 48.4 Å². The molecular weight excluding hydrogens is 321 g/mol. The molecule has 0 saturated heterocycles. The number of carbonyl (C=O) groups is 1. The van der Waals surface area contributed by atoms with E-state index < -0.39 is 16.0 Å². The second-order valence-electron chi connectivity index (χ2n) is 4.79. The Hall–Kier alpha value is -2.25. The maximum atomic E-state index is 12.8. The lowest BCUT2D eigenvalue weighted by molar-refractivity contribution is 0.0600. The number of hydrogen-bond acceptors (Lipinski definition) is 4. The van der Waals surface area contributed by atoms with Crippen molar-refractivity contribution >= 4 is 16.0 Å². The van der Waals surface area contributed by atoms with E-state index in [4.69, 9.17) is 0 Å². The van der Waals surface area contributed by atoms with Crippen molar-refractivity contribution in [2.45, 2.75) is 11.3 Å². The van der Waals surface area contributed by atoms with Gasteiger partial charge in [0.1, 0.15) is 5.82 Å². The van der Waals surface area contributed by atoms with Crippen molar-refractivity contribution in [2.75, 3.05) is 13.7 Å². The standard InChI is InChI=1S/C16H16FNO4S/c1-22-16(19)13-4-8-15(9-5-13)23(20,21)18-11-10-12-2-6-14(17)7-3-12/h2-9,18H,10-11H2,1H3. The van der Waals surface area contributed by atoms with Gasteiger partial charge in [0.25, 0.3) is 0 Å². The Morgan fingerprint density at radius 2 is 1.70 bits per heavy atom. The molecule has 0 aliphatic rings. The van der Waals surface area contributed by atoms with E-state index >= 15 is 0 Å². The highest BCUT2D eigenvalue weighted by Gasteiger charge is 2.14. The molecule has 0 spiro atoms. The van der Waals surface area contributed by atoms with Gasteiger partial charge in [0.05, 0.1) is 17.6 Å². The van der Waals surface area contributed by atoms with Gasteiger partial charge in [0.2, 0.25) is 10.0 Å². The highest BCUT2D eigenvalue weighted by Crippen LogP contribution is 2.11. The second kappa shape index (κ2) is 7.34. The van der Waals surface area contributed by atoms with E-state index in [1.54, 1.807) is 12.1 Å². The van der Waals surface area contributed by atoms with E-state index in [9.17, 15) is 17.6 Å². The zero-order valence-corrected chi connectivity index (χ0v) is 13.3. The van der Waals surface area contributed by atoms with Crippen molar-refractivity contribution in [1.82, 2.24) is 4.72 Å². The van der Waals surface area contributed by atoms with Crippen molar-refractivity contribution in [2.24, 2.45) is 0 Å². The van der Waals surface area contributed by atoms with Crippen molar-refractivity contribution < 1.29 is 22.3 Å². The highest BCUT2D eigenvalue weighted by molar-refractivity contribution is 7.89. The number of benzene rings is 2. The number of rotatable bonds is 6. The molecule has 0 saturated carbocycles. The summed E-state index contributed by atoms with van der Waals surface area (Å²) >= 11 is 0. The van der Waals surface area contributed by atoms with Gasteiger partial charge >= 0.3 is 5.97 Å². The SMILES string of the molecule is COC(=O)c1ccc(S(=O)(=O)NCCc2ccc(F)cc2)cc1. The van der Waals surface area contributed by atoms with Gasteiger partial charge in [-0.15, -0.1) is 0 Å². The van der Waals surface area contributed by atoms with Crippen LogP contribution in [-0.4, -0.2) is 28.0 Å². The molecule has 0 bridgehead atoms. The summed E-state index contributed by atoms with van der Waals surface area (Å²) in [6.45, 7) is 0.187. The molecule has 0 unspecified atom stereocenters. The maximum Gasteiger partial charge on any atom is 0.337 e. The third-order valence-electron chi connectivity index (χ3n) is 3.20. The largest absolute Gasteiger partial charge is 0.465 e. The van der Waals surface area contributed by atoms with Gasteiger partial charge in [-0.1, -0.05) is 12.1 Å². The lowest BCUT2D eigenvalue weighted by Gasteiger charge is -2.07. The van der Waals surface area contributed by atoms with Gasteiger partial charge in [0.15, 0.2) is 0 Å². The van der Waals surface area contributed by atoms with E-state index in [-0.39, 0.29) is 22.8 Å². The van der Waals surface area contributed by atoms with E-state index in [1.165, 1.54) is 43.5 Å². The Morgan fingerprint density at radius 3 is 2.26 bits per heavy atom. The minimum absolute atomic E-state index is 0.0595. The third kappa shape index (κ3) is 4.61. The highest BCUT2D eigenvalue weighted by atomic mass is 32.2. The number of methoxy groups -OCH3 is 1. The van der Waals surface area contributed by atoms with Crippen LogP contribution in [0.1, 0.15) is 15.9 Å². The van der Waals surface area contributed by atoms with E-state index in [1.807, 2.05) is 0 Å². The monoisotopic (exact) mass is 337 g/mol. The summed E-state index contributed by atoms with van der Waals surface area (Å²) in [6.07, 6.45) is 0.444. The van der Waals surface area contributed by atoms with Gasteiger partial charge in [0, 0.05) is 6.54 Å². The van der Waals surface area contributed by atoms with Gasteiger partial charge in [-0.3, -0.25) is 0 Å². The minimum atomic E-state index is -3.66. The molecule has 5 nitrogen and oxygen atoms in total. The predicted octanol–water partition coefficient (Wildman–Crippen LogP) is 2.13. The van der Waals surface area contributed by atoms with Gasteiger partial charge in [-0.25, -0.2) is 22.3 Å². The number of hydrogen-bond donors (Lipinski definition) is 1. The molecule has 23 heavy (non-hydrogen) atoms. The molecule has 0 aliphatic heterocycles. The Balaban J connectivity index is 1.98.